The van der Waals surface area contributed by atoms with Crippen molar-refractivity contribution < 1.29 is 9.47 Å². The van der Waals surface area contributed by atoms with Crippen molar-refractivity contribution in [3.8, 4) is 0 Å². The molecule has 1 aromatic carbocycles. The van der Waals surface area contributed by atoms with Crippen molar-refractivity contribution in [1.29, 1.82) is 0 Å². The van der Waals surface area contributed by atoms with Crippen LogP contribution in [0.25, 0.3) is 0 Å². The van der Waals surface area contributed by atoms with E-state index in [1.807, 2.05) is 30.3 Å². The molecule has 16 heavy (non-hydrogen) atoms. The quantitative estimate of drug-likeness (QED) is 0.823. The number of benzene rings is 1. The zero-order valence-corrected chi connectivity index (χ0v) is 9.26. The molecule has 2 fully saturated rings. The SMILES string of the molecule is NC[C@]12COC(c3ccccc3)OC[C@H]1C2. The van der Waals surface area contributed by atoms with Gasteiger partial charge in [-0.05, 0) is 12.3 Å². The molecule has 3 heteroatoms. The third-order valence-electron chi connectivity index (χ3n) is 3.81. The fourth-order valence-corrected chi connectivity index (χ4v) is 2.45. The van der Waals surface area contributed by atoms with Gasteiger partial charge in [0.25, 0.3) is 0 Å². The van der Waals surface area contributed by atoms with Gasteiger partial charge < -0.3 is 15.2 Å². The summed E-state index contributed by atoms with van der Waals surface area (Å²) in [6.07, 6.45) is 0.947. The molecular formula is C13H17NO2. The standard InChI is InChI=1S/C13H17NO2/c14-8-13-6-11(13)7-15-12(16-9-13)10-4-2-1-3-5-10/h1-5,11-12H,6-9,14H2/t11-,12?,13-/m1/s1. The van der Waals surface area contributed by atoms with Crippen molar-refractivity contribution in [2.75, 3.05) is 19.8 Å². The van der Waals surface area contributed by atoms with Crippen LogP contribution in [-0.2, 0) is 9.47 Å². The van der Waals surface area contributed by atoms with Crippen molar-refractivity contribution in [3.63, 3.8) is 0 Å². The summed E-state index contributed by atoms with van der Waals surface area (Å²) in [7, 11) is 0. The lowest BCUT2D eigenvalue weighted by Gasteiger charge is -2.18. The Hall–Kier alpha value is -0.900. The smallest absolute Gasteiger partial charge is 0.183 e. The Labute approximate surface area is 95.5 Å². The molecule has 0 amide bonds. The van der Waals surface area contributed by atoms with E-state index in [1.54, 1.807) is 0 Å². The van der Waals surface area contributed by atoms with Crippen LogP contribution in [0, 0.1) is 11.3 Å². The van der Waals surface area contributed by atoms with Gasteiger partial charge in [-0.25, -0.2) is 0 Å². The van der Waals surface area contributed by atoms with Gasteiger partial charge >= 0.3 is 0 Å². The van der Waals surface area contributed by atoms with Crippen LogP contribution in [0.15, 0.2) is 30.3 Å². The number of fused-ring (bicyclic) bond motifs is 1. The predicted octanol–water partition coefficient (Wildman–Crippen LogP) is 1.70. The molecule has 0 spiro atoms. The van der Waals surface area contributed by atoms with Gasteiger partial charge in [-0.1, -0.05) is 30.3 Å². The molecule has 3 nitrogen and oxygen atoms in total. The molecule has 2 aliphatic rings. The summed E-state index contributed by atoms with van der Waals surface area (Å²) < 4.78 is 11.6. The molecule has 1 heterocycles. The van der Waals surface area contributed by atoms with Crippen molar-refractivity contribution in [1.82, 2.24) is 0 Å². The van der Waals surface area contributed by atoms with E-state index in [0.29, 0.717) is 12.5 Å². The number of rotatable bonds is 2. The highest BCUT2D eigenvalue weighted by Gasteiger charge is 2.55. The van der Waals surface area contributed by atoms with E-state index in [0.717, 1.165) is 25.2 Å². The van der Waals surface area contributed by atoms with Crippen LogP contribution in [0.2, 0.25) is 0 Å². The summed E-state index contributed by atoms with van der Waals surface area (Å²) in [5.41, 5.74) is 7.10. The number of ether oxygens (including phenoxy) is 2. The molecule has 86 valence electrons. The van der Waals surface area contributed by atoms with Crippen molar-refractivity contribution >= 4 is 0 Å². The Bertz CT molecular complexity index is 367. The minimum Gasteiger partial charge on any atom is -0.348 e. The van der Waals surface area contributed by atoms with E-state index < -0.39 is 0 Å². The normalized spacial score (nSPS) is 37.6. The third-order valence-corrected chi connectivity index (χ3v) is 3.81. The first-order valence-corrected chi connectivity index (χ1v) is 5.82. The first kappa shape index (κ1) is 10.3. The fraction of sp³-hybridized carbons (Fsp3) is 0.538. The monoisotopic (exact) mass is 219 g/mol. The van der Waals surface area contributed by atoms with Crippen LogP contribution >= 0.6 is 0 Å². The summed E-state index contributed by atoms with van der Waals surface area (Å²) in [6.45, 7) is 2.22. The highest BCUT2D eigenvalue weighted by molar-refractivity contribution is 5.16. The molecule has 1 aliphatic carbocycles. The van der Waals surface area contributed by atoms with E-state index in [-0.39, 0.29) is 11.7 Å². The number of nitrogens with two attached hydrogens (primary N) is 1. The summed E-state index contributed by atoms with van der Waals surface area (Å²) in [4.78, 5) is 0. The first-order chi connectivity index (χ1) is 7.84. The van der Waals surface area contributed by atoms with Crippen LogP contribution in [0.1, 0.15) is 18.3 Å². The van der Waals surface area contributed by atoms with Gasteiger partial charge in [-0.15, -0.1) is 0 Å². The highest BCUT2D eigenvalue weighted by atomic mass is 16.7. The maximum absolute atomic E-state index is 5.83. The summed E-state index contributed by atoms with van der Waals surface area (Å²) in [6, 6.07) is 10.1. The topological polar surface area (TPSA) is 44.5 Å². The van der Waals surface area contributed by atoms with Gasteiger partial charge in [-0.3, -0.25) is 0 Å². The average Bonchev–Trinajstić information content (AvgIpc) is 3.04. The van der Waals surface area contributed by atoms with Gasteiger partial charge in [0, 0.05) is 17.5 Å². The summed E-state index contributed by atoms with van der Waals surface area (Å²) in [5.74, 6) is 0.603. The minimum absolute atomic E-state index is 0.211. The lowest BCUT2D eigenvalue weighted by atomic mass is 10.1. The molecule has 1 aliphatic heterocycles. The number of hydrogen-bond donors (Lipinski definition) is 1. The Morgan fingerprint density at radius 3 is 2.81 bits per heavy atom. The first-order valence-electron chi connectivity index (χ1n) is 5.82. The van der Waals surface area contributed by atoms with Gasteiger partial charge in [0.2, 0.25) is 0 Å². The second-order valence-electron chi connectivity index (χ2n) is 4.85. The lowest BCUT2D eigenvalue weighted by Crippen LogP contribution is -2.23. The van der Waals surface area contributed by atoms with Crippen LogP contribution in [-0.4, -0.2) is 19.8 Å². The maximum atomic E-state index is 5.83. The molecule has 0 aromatic heterocycles. The second kappa shape index (κ2) is 3.84. The van der Waals surface area contributed by atoms with Gasteiger partial charge in [0.05, 0.1) is 13.2 Å². The summed E-state index contributed by atoms with van der Waals surface area (Å²) in [5, 5.41) is 0. The van der Waals surface area contributed by atoms with E-state index >= 15 is 0 Å². The Balaban J connectivity index is 1.72. The molecule has 2 N–H and O–H groups in total. The second-order valence-corrected chi connectivity index (χ2v) is 4.85. The molecule has 1 saturated carbocycles. The van der Waals surface area contributed by atoms with E-state index in [4.69, 9.17) is 15.2 Å². The molecule has 3 rings (SSSR count). The molecule has 0 bridgehead atoms. The molecule has 1 aromatic rings. The van der Waals surface area contributed by atoms with E-state index in [9.17, 15) is 0 Å². The average molecular weight is 219 g/mol. The van der Waals surface area contributed by atoms with Crippen molar-refractivity contribution in [2.45, 2.75) is 12.7 Å². The number of hydrogen-bond acceptors (Lipinski definition) is 3. The van der Waals surface area contributed by atoms with Crippen molar-refractivity contribution in [3.05, 3.63) is 35.9 Å². The zero-order valence-electron chi connectivity index (χ0n) is 9.26. The van der Waals surface area contributed by atoms with Crippen LogP contribution < -0.4 is 5.73 Å². The van der Waals surface area contributed by atoms with Crippen LogP contribution in [0.3, 0.4) is 0 Å². The van der Waals surface area contributed by atoms with Gasteiger partial charge in [0.15, 0.2) is 6.29 Å². The van der Waals surface area contributed by atoms with Crippen molar-refractivity contribution in [2.24, 2.45) is 17.1 Å². The molecule has 1 saturated heterocycles. The summed E-state index contributed by atoms with van der Waals surface area (Å²) >= 11 is 0. The molecule has 0 radical (unpaired) electrons. The third kappa shape index (κ3) is 1.65. The van der Waals surface area contributed by atoms with Gasteiger partial charge in [-0.2, -0.15) is 0 Å². The van der Waals surface area contributed by atoms with Gasteiger partial charge in [0.1, 0.15) is 0 Å². The Morgan fingerprint density at radius 1 is 1.25 bits per heavy atom. The predicted molar refractivity (Wildman–Crippen MR) is 60.7 cm³/mol. The van der Waals surface area contributed by atoms with E-state index in [1.165, 1.54) is 0 Å². The molecule has 1 unspecified atom stereocenters. The Kier molecular flexibility index (Phi) is 2.46. The van der Waals surface area contributed by atoms with Crippen LogP contribution in [0.4, 0.5) is 0 Å². The molecular weight excluding hydrogens is 202 g/mol. The largest absolute Gasteiger partial charge is 0.348 e. The maximum Gasteiger partial charge on any atom is 0.183 e. The zero-order chi connectivity index (χ0) is 11.0. The van der Waals surface area contributed by atoms with E-state index in [2.05, 4.69) is 0 Å². The highest BCUT2D eigenvalue weighted by Crippen LogP contribution is 2.54. The van der Waals surface area contributed by atoms with Crippen LogP contribution in [0.5, 0.6) is 0 Å². The Morgan fingerprint density at radius 2 is 2.06 bits per heavy atom. The lowest BCUT2D eigenvalue weighted by molar-refractivity contribution is -0.141. The molecule has 3 atom stereocenters. The fourth-order valence-electron chi connectivity index (χ4n) is 2.45. The minimum atomic E-state index is -0.211.